The number of hydrogen-bond donors (Lipinski definition) is 2. The lowest BCUT2D eigenvalue weighted by atomic mass is 9.96. The van der Waals surface area contributed by atoms with Gasteiger partial charge in [0.15, 0.2) is 0 Å². The van der Waals surface area contributed by atoms with Crippen molar-refractivity contribution in [2.75, 3.05) is 37.6 Å². The zero-order valence-corrected chi connectivity index (χ0v) is 18.6. The highest BCUT2D eigenvalue weighted by atomic mass is 16.2. The van der Waals surface area contributed by atoms with Crippen LogP contribution in [0.2, 0.25) is 0 Å². The van der Waals surface area contributed by atoms with E-state index in [9.17, 15) is 9.59 Å². The molecule has 1 aromatic heterocycles. The van der Waals surface area contributed by atoms with Gasteiger partial charge in [-0.15, -0.1) is 0 Å². The van der Waals surface area contributed by atoms with Gasteiger partial charge in [0.1, 0.15) is 11.6 Å². The molecule has 2 fully saturated rings. The fourth-order valence-corrected chi connectivity index (χ4v) is 4.10. The molecule has 1 aromatic rings. The first kappa shape index (κ1) is 22.3. The molecule has 0 atom stereocenters. The first-order valence-corrected chi connectivity index (χ1v) is 11.3. The molecule has 0 unspecified atom stereocenters. The van der Waals surface area contributed by atoms with Crippen LogP contribution in [0.1, 0.15) is 69.8 Å². The number of aromatic nitrogens is 2. The summed E-state index contributed by atoms with van der Waals surface area (Å²) >= 11 is 0. The molecule has 30 heavy (non-hydrogen) atoms. The number of carbonyl (C=O) groups excluding carboxylic acids is 2. The van der Waals surface area contributed by atoms with Crippen LogP contribution in [0.15, 0.2) is 6.07 Å². The molecular weight excluding hydrogens is 380 g/mol. The number of amides is 3. The monoisotopic (exact) mass is 416 g/mol. The fourth-order valence-electron chi connectivity index (χ4n) is 4.10. The molecule has 0 radical (unpaired) electrons. The molecule has 3 rings (SSSR count). The van der Waals surface area contributed by atoms with Gasteiger partial charge in [-0.1, -0.05) is 33.1 Å². The van der Waals surface area contributed by atoms with Crippen LogP contribution in [0.4, 0.5) is 10.6 Å². The van der Waals surface area contributed by atoms with E-state index in [-0.39, 0.29) is 23.9 Å². The summed E-state index contributed by atoms with van der Waals surface area (Å²) in [6.07, 6.45) is 6.08. The van der Waals surface area contributed by atoms with Crippen molar-refractivity contribution < 1.29 is 9.59 Å². The molecule has 0 bridgehead atoms. The van der Waals surface area contributed by atoms with Crippen LogP contribution in [0.25, 0.3) is 0 Å². The van der Waals surface area contributed by atoms with E-state index in [1.54, 1.807) is 0 Å². The number of aryl methyl sites for hydroxylation is 1. The Kier molecular flexibility index (Phi) is 7.87. The number of nitrogens with one attached hydrogen (secondary N) is 2. The van der Waals surface area contributed by atoms with Gasteiger partial charge in [-0.3, -0.25) is 4.79 Å². The van der Waals surface area contributed by atoms with Gasteiger partial charge in [0.2, 0.25) is 5.91 Å². The standard InChI is InChI=1S/C22H36N6O2/c1-16(2)21-24-17(3)15-19(26-21)27-11-13-28(14-12-27)20(29)9-10-23-22(30)25-18-7-5-4-6-8-18/h15-16,18H,4-14H2,1-3H3,(H2,23,25,30). The summed E-state index contributed by atoms with van der Waals surface area (Å²) in [5, 5.41) is 5.85. The van der Waals surface area contributed by atoms with Gasteiger partial charge in [0.25, 0.3) is 0 Å². The van der Waals surface area contributed by atoms with Gasteiger partial charge in [-0.2, -0.15) is 0 Å². The first-order chi connectivity index (χ1) is 14.4. The Balaban J connectivity index is 1.39. The van der Waals surface area contributed by atoms with Crippen molar-refractivity contribution >= 4 is 17.8 Å². The smallest absolute Gasteiger partial charge is 0.315 e. The van der Waals surface area contributed by atoms with Crippen molar-refractivity contribution in [3.63, 3.8) is 0 Å². The third-order valence-corrected chi connectivity index (χ3v) is 5.90. The fraction of sp³-hybridized carbons (Fsp3) is 0.727. The average Bonchev–Trinajstić information content (AvgIpc) is 2.74. The van der Waals surface area contributed by atoms with Crippen molar-refractivity contribution in [3.05, 3.63) is 17.6 Å². The van der Waals surface area contributed by atoms with Crippen LogP contribution in [-0.2, 0) is 4.79 Å². The van der Waals surface area contributed by atoms with Crippen LogP contribution in [0.5, 0.6) is 0 Å². The van der Waals surface area contributed by atoms with E-state index >= 15 is 0 Å². The predicted molar refractivity (Wildman–Crippen MR) is 118 cm³/mol. The minimum absolute atomic E-state index is 0.0920. The maximum Gasteiger partial charge on any atom is 0.315 e. The van der Waals surface area contributed by atoms with Crippen molar-refractivity contribution in [3.8, 4) is 0 Å². The lowest BCUT2D eigenvalue weighted by Crippen LogP contribution is -2.50. The van der Waals surface area contributed by atoms with Crippen molar-refractivity contribution in [1.82, 2.24) is 25.5 Å². The zero-order chi connectivity index (χ0) is 21.5. The van der Waals surface area contributed by atoms with E-state index in [1.807, 2.05) is 17.9 Å². The second-order valence-corrected chi connectivity index (χ2v) is 8.73. The minimum Gasteiger partial charge on any atom is -0.353 e. The van der Waals surface area contributed by atoms with Crippen molar-refractivity contribution in [2.24, 2.45) is 0 Å². The maximum atomic E-state index is 12.5. The summed E-state index contributed by atoms with van der Waals surface area (Å²) in [4.78, 5) is 37.8. The molecule has 2 heterocycles. The number of anilines is 1. The first-order valence-electron chi connectivity index (χ1n) is 11.3. The van der Waals surface area contributed by atoms with Crippen LogP contribution >= 0.6 is 0 Å². The second-order valence-electron chi connectivity index (χ2n) is 8.73. The molecule has 8 nitrogen and oxygen atoms in total. The zero-order valence-electron chi connectivity index (χ0n) is 18.6. The molecule has 1 aliphatic carbocycles. The maximum absolute atomic E-state index is 12.5. The summed E-state index contributed by atoms with van der Waals surface area (Å²) in [7, 11) is 0. The summed E-state index contributed by atoms with van der Waals surface area (Å²) in [5.41, 5.74) is 0.972. The van der Waals surface area contributed by atoms with Crippen molar-refractivity contribution in [2.45, 2.75) is 71.3 Å². The second kappa shape index (κ2) is 10.6. The molecule has 8 heteroatoms. The Morgan fingerprint density at radius 3 is 2.47 bits per heavy atom. The topological polar surface area (TPSA) is 90.5 Å². The average molecular weight is 417 g/mol. The Hall–Kier alpha value is -2.38. The SMILES string of the molecule is Cc1cc(N2CCN(C(=O)CCNC(=O)NC3CCCCC3)CC2)nc(C(C)C)n1. The van der Waals surface area contributed by atoms with Crippen molar-refractivity contribution in [1.29, 1.82) is 0 Å². The van der Waals surface area contributed by atoms with E-state index in [0.29, 0.717) is 26.1 Å². The number of urea groups is 1. The Morgan fingerprint density at radius 1 is 1.10 bits per heavy atom. The van der Waals surface area contributed by atoms with Crippen LogP contribution in [0.3, 0.4) is 0 Å². The van der Waals surface area contributed by atoms with Gasteiger partial charge in [0.05, 0.1) is 0 Å². The predicted octanol–water partition coefficient (Wildman–Crippen LogP) is 2.58. The quantitative estimate of drug-likeness (QED) is 0.744. The van der Waals surface area contributed by atoms with E-state index in [0.717, 1.165) is 43.3 Å². The highest BCUT2D eigenvalue weighted by Crippen LogP contribution is 2.19. The molecule has 0 aromatic carbocycles. The molecule has 166 valence electrons. The Morgan fingerprint density at radius 2 is 1.80 bits per heavy atom. The number of piperazine rings is 1. The summed E-state index contributed by atoms with van der Waals surface area (Å²) < 4.78 is 0. The van der Waals surface area contributed by atoms with E-state index in [1.165, 1.54) is 19.3 Å². The van der Waals surface area contributed by atoms with Crippen LogP contribution in [-0.4, -0.2) is 65.6 Å². The Bertz CT molecular complexity index is 724. The van der Waals surface area contributed by atoms with E-state index in [4.69, 9.17) is 4.98 Å². The van der Waals surface area contributed by atoms with E-state index in [2.05, 4.69) is 34.4 Å². The summed E-state index contributed by atoms with van der Waals surface area (Å²) in [5.74, 6) is 2.18. The molecule has 1 aliphatic heterocycles. The van der Waals surface area contributed by atoms with E-state index < -0.39 is 0 Å². The summed E-state index contributed by atoms with van der Waals surface area (Å²) in [6.45, 7) is 9.43. The highest BCUT2D eigenvalue weighted by molar-refractivity contribution is 5.78. The molecule has 2 N–H and O–H groups in total. The van der Waals surface area contributed by atoms with Gasteiger partial charge < -0.3 is 20.4 Å². The van der Waals surface area contributed by atoms with Gasteiger partial charge >= 0.3 is 6.03 Å². The highest BCUT2D eigenvalue weighted by Gasteiger charge is 2.23. The Labute approximate surface area is 179 Å². The molecular formula is C22H36N6O2. The molecule has 1 saturated heterocycles. The van der Waals surface area contributed by atoms with Gasteiger partial charge in [-0.05, 0) is 19.8 Å². The third-order valence-electron chi connectivity index (χ3n) is 5.90. The minimum atomic E-state index is -0.153. The molecule has 2 aliphatic rings. The number of hydrogen-bond acceptors (Lipinski definition) is 5. The van der Waals surface area contributed by atoms with Crippen LogP contribution < -0.4 is 15.5 Å². The number of carbonyl (C=O) groups is 2. The van der Waals surface area contributed by atoms with Gasteiger partial charge in [0, 0.05) is 62.9 Å². The van der Waals surface area contributed by atoms with Gasteiger partial charge in [-0.25, -0.2) is 14.8 Å². The normalized spacial score (nSPS) is 17.9. The molecule has 1 saturated carbocycles. The number of nitrogens with zero attached hydrogens (tertiary/aromatic N) is 4. The van der Waals surface area contributed by atoms with Crippen LogP contribution in [0, 0.1) is 6.92 Å². The largest absolute Gasteiger partial charge is 0.353 e. The molecule has 0 spiro atoms. The lowest BCUT2D eigenvalue weighted by Gasteiger charge is -2.35. The lowest BCUT2D eigenvalue weighted by molar-refractivity contribution is -0.131. The third kappa shape index (κ3) is 6.31. The number of rotatable bonds is 6. The summed E-state index contributed by atoms with van der Waals surface area (Å²) in [6, 6.07) is 2.14. The molecule has 3 amide bonds.